The van der Waals surface area contributed by atoms with Gasteiger partial charge in [0.25, 0.3) is 5.91 Å². The van der Waals surface area contributed by atoms with Crippen molar-refractivity contribution in [1.82, 2.24) is 9.62 Å². The van der Waals surface area contributed by atoms with E-state index in [1.54, 1.807) is 0 Å². The maximum Gasteiger partial charge on any atom is 0.312 e. The van der Waals surface area contributed by atoms with Crippen molar-refractivity contribution in [3.8, 4) is 5.75 Å². The topological polar surface area (TPSA) is 119 Å². The van der Waals surface area contributed by atoms with E-state index >= 15 is 0 Å². The molecule has 3 rings (SSSR count). The third kappa shape index (κ3) is 4.07. The van der Waals surface area contributed by atoms with Crippen LogP contribution in [0.3, 0.4) is 0 Å². The first-order chi connectivity index (χ1) is 11.9. The Morgan fingerprint density at radius 2 is 2.00 bits per heavy atom. The zero-order valence-electron chi connectivity index (χ0n) is 13.5. The van der Waals surface area contributed by atoms with Crippen LogP contribution in [0.15, 0.2) is 23.1 Å². The summed E-state index contributed by atoms with van der Waals surface area (Å²) in [7, 11) is -3.76. The van der Waals surface area contributed by atoms with Gasteiger partial charge in [0.05, 0.1) is 9.82 Å². The number of carbonyl (C=O) groups excluding carboxylic acids is 1. The number of amides is 1. The van der Waals surface area contributed by atoms with Crippen LogP contribution in [0.1, 0.15) is 25.7 Å². The molecule has 10 heteroatoms. The molecule has 136 valence electrons. The molecular formula is C15H19N3O6S. The maximum absolute atomic E-state index is 12.5. The smallest absolute Gasteiger partial charge is 0.312 e. The van der Waals surface area contributed by atoms with E-state index < -0.39 is 20.6 Å². The van der Waals surface area contributed by atoms with Gasteiger partial charge in [0.15, 0.2) is 12.4 Å². The molecular weight excluding hydrogens is 350 g/mol. The first-order valence-electron chi connectivity index (χ1n) is 8.08. The first-order valence-corrected chi connectivity index (χ1v) is 9.52. The Kier molecular flexibility index (Phi) is 4.91. The minimum Gasteiger partial charge on any atom is -0.477 e. The lowest BCUT2D eigenvalue weighted by atomic mass is 10.3. The third-order valence-corrected chi connectivity index (χ3v) is 6.03. The maximum atomic E-state index is 12.5. The number of nitro benzene ring substituents is 1. The highest BCUT2D eigenvalue weighted by molar-refractivity contribution is 7.89. The summed E-state index contributed by atoms with van der Waals surface area (Å²) in [4.78, 5) is 22.1. The van der Waals surface area contributed by atoms with E-state index in [9.17, 15) is 23.3 Å². The molecule has 1 saturated carbocycles. The second kappa shape index (κ2) is 6.96. The largest absolute Gasteiger partial charge is 0.477 e. The monoisotopic (exact) mass is 369 g/mol. The number of rotatable bonds is 7. The third-order valence-electron chi connectivity index (χ3n) is 4.13. The molecule has 0 bridgehead atoms. The second-order valence-electron chi connectivity index (χ2n) is 6.13. The average Bonchev–Trinajstić information content (AvgIpc) is 3.20. The van der Waals surface area contributed by atoms with Gasteiger partial charge >= 0.3 is 5.69 Å². The SMILES string of the molecule is O=C(COc1ccc(S(=O)(=O)N2CCCC2)cc1[N+](=O)[O-])NC1CC1. The molecule has 0 spiro atoms. The normalized spacial score (nSPS) is 18.1. The van der Waals surface area contributed by atoms with Crippen LogP contribution in [-0.2, 0) is 14.8 Å². The van der Waals surface area contributed by atoms with Gasteiger partial charge in [0, 0.05) is 25.2 Å². The zero-order chi connectivity index (χ0) is 18.0. The van der Waals surface area contributed by atoms with Crippen LogP contribution in [0, 0.1) is 10.1 Å². The van der Waals surface area contributed by atoms with Crippen molar-refractivity contribution in [2.45, 2.75) is 36.6 Å². The Labute approximate surface area is 145 Å². The van der Waals surface area contributed by atoms with Gasteiger partial charge in [-0.15, -0.1) is 0 Å². The van der Waals surface area contributed by atoms with Gasteiger partial charge in [0.1, 0.15) is 0 Å². The summed E-state index contributed by atoms with van der Waals surface area (Å²) in [6.45, 7) is 0.473. The molecule has 1 aromatic carbocycles. The molecule has 2 fully saturated rings. The number of sulfonamides is 1. The summed E-state index contributed by atoms with van der Waals surface area (Å²) in [6, 6.07) is 3.65. The number of benzene rings is 1. The van der Waals surface area contributed by atoms with Gasteiger partial charge < -0.3 is 10.1 Å². The predicted octanol–water partition coefficient (Wildman–Crippen LogP) is 1.04. The van der Waals surface area contributed by atoms with E-state index in [4.69, 9.17) is 4.74 Å². The Bertz CT molecular complexity index is 784. The fraction of sp³-hybridized carbons (Fsp3) is 0.533. The lowest BCUT2D eigenvalue weighted by Gasteiger charge is -2.15. The van der Waals surface area contributed by atoms with E-state index in [2.05, 4.69) is 5.32 Å². The van der Waals surface area contributed by atoms with Crippen molar-refractivity contribution < 1.29 is 22.9 Å². The predicted molar refractivity (Wildman–Crippen MR) is 87.7 cm³/mol. The molecule has 25 heavy (non-hydrogen) atoms. The lowest BCUT2D eigenvalue weighted by molar-refractivity contribution is -0.386. The van der Waals surface area contributed by atoms with Gasteiger partial charge in [-0.3, -0.25) is 14.9 Å². The average molecular weight is 369 g/mol. The lowest BCUT2D eigenvalue weighted by Crippen LogP contribution is -2.30. The number of hydrogen-bond donors (Lipinski definition) is 1. The van der Waals surface area contributed by atoms with Gasteiger partial charge in [0.2, 0.25) is 10.0 Å². The van der Waals surface area contributed by atoms with Crippen LogP contribution in [0.4, 0.5) is 5.69 Å². The van der Waals surface area contributed by atoms with Crippen LogP contribution in [-0.4, -0.2) is 49.3 Å². The Balaban J connectivity index is 1.77. The molecule has 0 atom stereocenters. The molecule has 1 amide bonds. The number of nitrogens with zero attached hydrogens (tertiary/aromatic N) is 2. The highest BCUT2D eigenvalue weighted by Crippen LogP contribution is 2.31. The Morgan fingerprint density at radius 3 is 2.60 bits per heavy atom. The minimum absolute atomic E-state index is 0.128. The minimum atomic E-state index is -3.76. The van der Waals surface area contributed by atoms with Crippen molar-refractivity contribution in [2.24, 2.45) is 0 Å². The van der Waals surface area contributed by atoms with Gasteiger partial charge in [-0.2, -0.15) is 4.31 Å². The molecule has 1 saturated heterocycles. The molecule has 9 nitrogen and oxygen atoms in total. The van der Waals surface area contributed by atoms with E-state index in [0.717, 1.165) is 31.7 Å². The van der Waals surface area contributed by atoms with E-state index in [0.29, 0.717) is 13.1 Å². The summed E-state index contributed by atoms with van der Waals surface area (Å²) >= 11 is 0. The van der Waals surface area contributed by atoms with Gasteiger partial charge in [-0.1, -0.05) is 0 Å². The highest BCUT2D eigenvalue weighted by atomic mass is 32.2. The standard InChI is InChI=1S/C15H19N3O6S/c19-15(16-11-3-4-11)10-24-14-6-5-12(9-13(14)18(20)21)25(22,23)17-7-1-2-8-17/h5-6,9,11H,1-4,7-8,10H2,(H,16,19). The van der Waals surface area contributed by atoms with Crippen molar-refractivity contribution in [3.05, 3.63) is 28.3 Å². The molecule has 0 aromatic heterocycles. The van der Waals surface area contributed by atoms with Crippen molar-refractivity contribution in [1.29, 1.82) is 0 Å². The van der Waals surface area contributed by atoms with Crippen molar-refractivity contribution in [3.63, 3.8) is 0 Å². The van der Waals surface area contributed by atoms with Gasteiger partial charge in [-0.05, 0) is 37.8 Å². The number of nitro groups is 1. The number of hydrogen-bond acceptors (Lipinski definition) is 6. The highest BCUT2D eigenvalue weighted by Gasteiger charge is 2.30. The van der Waals surface area contributed by atoms with Gasteiger partial charge in [-0.25, -0.2) is 8.42 Å². The zero-order valence-corrected chi connectivity index (χ0v) is 14.3. The summed E-state index contributed by atoms with van der Waals surface area (Å²) < 4.78 is 31.6. The number of nitrogens with one attached hydrogen (secondary N) is 1. The molecule has 0 radical (unpaired) electrons. The van der Waals surface area contributed by atoms with Crippen LogP contribution in [0.5, 0.6) is 5.75 Å². The summed E-state index contributed by atoms with van der Waals surface area (Å²) in [5.74, 6) is -0.484. The van der Waals surface area contributed by atoms with Crippen LogP contribution < -0.4 is 10.1 Å². The molecule has 2 aliphatic rings. The summed E-state index contributed by atoms with van der Waals surface area (Å²) in [5.41, 5.74) is -0.473. The van der Waals surface area contributed by atoms with E-state index in [-0.39, 0.29) is 29.2 Å². The fourth-order valence-electron chi connectivity index (χ4n) is 2.64. The fourth-order valence-corrected chi connectivity index (χ4v) is 4.18. The molecule has 0 unspecified atom stereocenters. The summed E-state index contributed by atoms with van der Waals surface area (Å²) in [5, 5.41) is 14.0. The van der Waals surface area contributed by atoms with Crippen molar-refractivity contribution >= 4 is 21.6 Å². The van der Waals surface area contributed by atoms with Crippen LogP contribution in [0.2, 0.25) is 0 Å². The molecule has 1 N–H and O–H groups in total. The van der Waals surface area contributed by atoms with E-state index in [1.165, 1.54) is 16.4 Å². The molecule has 1 aromatic rings. The molecule has 1 aliphatic heterocycles. The molecule has 1 aliphatic carbocycles. The van der Waals surface area contributed by atoms with Crippen LogP contribution >= 0.6 is 0 Å². The Hall–Kier alpha value is -2.20. The summed E-state index contributed by atoms with van der Waals surface area (Å²) in [6.07, 6.45) is 3.40. The quantitative estimate of drug-likeness (QED) is 0.566. The van der Waals surface area contributed by atoms with E-state index in [1.807, 2.05) is 0 Å². The number of carbonyl (C=O) groups is 1. The van der Waals surface area contributed by atoms with Crippen molar-refractivity contribution in [2.75, 3.05) is 19.7 Å². The second-order valence-corrected chi connectivity index (χ2v) is 8.07. The molecule has 1 heterocycles. The van der Waals surface area contributed by atoms with Crippen LogP contribution in [0.25, 0.3) is 0 Å². The first kappa shape index (κ1) is 17.6. The number of ether oxygens (including phenoxy) is 1. The Morgan fingerprint density at radius 1 is 1.32 bits per heavy atom.